The minimum atomic E-state index is -0.109. The third-order valence-electron chi connectivity index (χ3n) is 1.46. The smallest absolute Gasteiger partial charge is 0.240 e. The lowest BCUT2D eigenvalue weighted by Crippen LogP contribution is -2.33. The highest BCUT2D eigenvalue weighted by molar-refractivity contribution is 6.29. The van der Waals surface area contributed by atoms with Crippen molar-refractivity contribution >= 4 is 23.3 Å². The van der Waals surface area contributed by atoms with Crippen LogP contribution in [0.15, 0.2) is 12.4 Å². The molecule has 0 unspecified atom stereocenters. The second-order valence-corrected chi connectivity index (χ2v) is 3.38. The fraction of sp³-hybridized carbons (Fsp3) is 0.375. The Morgan fingerprint density at radius 2 is 2.14 bits per heavy atom. The molecule has 1 amide bonds. The molecule has 0 radical (unpaired) electrons. The first-order chi connectivity index (χ1) is 6.59. The summed E-state index contributed by atoms with van der Waals surface area (Å²) in [7, 11) is 0. The zero-order valence-corrected chi connectivity index (χ0v) is 8.67. The van der Waals surface area contributed by atoms with E-state index in [1.54, 1.807) is 13.8 Å². The third kappa shape index (κ3) is 3.18. The number of anilines is 1. The van der Waals surface area contributed by atoms with E-state index in [-0.39, 0.29) is 11.8 Å². The van der Waals surface area contributed by atoms with Crippen LogP contribution in [0.2, 0.25) is 5.15 Å². The first-order valence-electron chi connectivity index (χ1n) is 4.13. The largest absolute Gasteiger partial charge is 0.281 e. The van der Waals surface area contributed by atoms with Crippen molar-refractivity contribution in [2.24, 2.45) is 5.92 Å². The van der Waals surface area contributed by atoms with E-state index in [9.17, 15) is 4.79 Å². The number of carbonyl (C=O) groups excluding carboxylic acids is 1. The van der Waals surface area contributed by atoms with Crippen LogP contribution in [0.1, 0.15) is 13.8 Å². The van der Waals surface area contributed by atoms with Crippen LogP contribution in [-0.2, 0) is 4.79 Å². The lowest BCUT2D eigenvalue weighted by Gasteiger charge is -2.08. The fourth-order valence-electron chi connectivity index (χ4n) is 0.647. The maximum atomic E-state index is 11.1. The predicted molar refractivity (Wildman–Crippen MR) is 53.6 cm³/mol. The van der Waals surface area contributed by atoms with Gasteiger partial charge < -0.3 is 0 Å². The molecule has 0 spiro atoms. The Morgan fingerprint density at radius 3 is 2.64 bits per heavy atom. The Hall–Kier alpha value is -1.36. The van der Waals surface area contributed by atoms with Gasteiger partial charge in [-0.2, -0.15) is 0 Å². The van der Waals surface area contributed by atoms with E-state index in [0.717, 1.165) is 0 Å². The number of hydrogen-bond donors (Lipinski definition) is 2. The summed E-state index contributed by atoms with van der Waals surface area (Å²) in [6.07, 6.45) is 2.83. The Labute approximate surface area is 86.9 Å². The van der Waals surface area contributed by atoms with Gasteiger partial charge in [0.2, 0.25) is 5.91 Å². The monoisotopic (exact) mass is 214 g/mol. The molecule has 0 aliphatic carbocycles. The van der Waals surface area contributed by atoms with E-state index in [0.29, 0.717) is 11.0 Å². The van der Waals surface area contributed by atoms with E-state index in [2.05, 4.69) is 20.8 Å². The van der Waals surface area contributed by atoms with E-state index in [1.807, 2.05) is 0 Å². The van der Waals surface area contributed by atoms with E-state index in [4.69, 9.17) is 11.6 Å². The summed E-state index contributed by atoms with van der Waals surface area (Å²) in [4.78, 5) is 18.8. The highest BCUT2D eigenvalue weighted by atomic mass is 35.5. The van der Waals surface area contributed by atoms with Crippen LogP contribution in [0, 0.1) is 5.92 Å². The molecule has 1 aromatic heterocycles. The Bertz CT molecular complexity index is 312. The summed E-state index contributed by atoms with van der Waals surface area (Å²) in [5.74, 6) is 0.257. The molecule has 0 fully saturated rings. The standard InChI is InChI=1S/C8H11ClN4O/c1-5(2)8(14)13-12-7-4-10-6(9)3-11-7/h3-5H,1-2H3,(H,11,12)(H,13,14). The summed E-state index contributed by atoms with van der Waals surface area (Å²) < 4.78 is 0. The fourth-order valence-corrected chi connectivity index (χ4v) is 0.744. The molecule has 14 heavy (non-hydrogen) atoms. The topological polar surface area (TPSA) is 66.9 Å². The molecule has 76 valence electrons. The summed E-state index contributed by atoms with van der Waals surface area (Å²) in [6, 6.07) is 0. The summed E-state index contributed by atoms with van der Waals surface area (Å²) in [5.41, 5.74) is 5.10. The van der Waals surface area contributed by atoms with Crippen molar-refractivity contribution in [2.45, 2.75) is 13.8 Å². The van der Waals surface area contributed by atoms with E-state index >= 15 is 0 Å². The van der Waals surface area contributed by atoms with Crippen molar-refractivity contribution in [1.82, 2.24) is 15.4 Å². The molecular formula is C8H11ClN4O. The number of hydrazine groups is 1. The van der Waals surface area contributed by atoms with E-state index < -0.39 is 0 Å². The number of amides is 1. The van der Waals surface area contributed by atoms with Crippen molar-refractivity contribution in [3.8, 4) is 0 Å². The number of nitrogens with one attached hydrogen (secondary N) is 2. The highest BCUT2D eigenvalue weighted by Gasteiger charge is 2.05. The molecule has 1 heterocycles. The van der Waals surface area contributed by atoms with Crippen molar-refractivity contribution in [2.75, 3.05) is 5.43 Å². The van der Waals surface area contributed by atoms with Gasteiger partial charge in [0.1, 0.15) is 5.15 Å². The molecule has 0 saturated carbocycles. The minimum Gasteiger partial charge on any atom is -0.281 e. The third-order valence-corrected chi connectivity index (χ3v) is 1.65. The lowest BCUT2D eigenvalue weighted by molar-refractivity contribution is -0.123. The summed E-state index contributed by atoms with van der Waals surface area (Å²) >= 11 is 5.54. The van der Waals surface area contributed by atoms with Crippen molar-refractivity contribution in [3.05, 3.63) is 17.5 Å². The maximum absolute atomic E-state index is 11.1. The van der Waals surface area contributed by atoms with Crippen LogP contribution in [0.25, 0.3) is 0 Å². The van der Waals surface area contributed by atoms with Crippen molar-refractivity contribution in [3.63, 3.8) is 0 Å². The van der Waals surface area contributed by atoms with Gasteiger partial charge in [0.15, 0.2) is 5.82 Å². The minimum absolute atomic E-state index is 0.0808. The van der Waals surface area contributed by atoms with Crippen molar-refractivity contribution in [1.29, 1.82) is 0 Å². The van der Waals surface area contributed by atoms with Gasteiger partial charge in [-0.15, -0.1) is 0 Å². The molecular weight excluding hydrogens is 204 g/mol. The lowest BCUT2D eigenvalue weighted by atomic mass is 10.2. The SMILES string of the molecule is CC(C)C(=O)NNc1cnc(Cl)cn1. The van der Waals surface area contributed by atoms with Gasteiger partial charge in [-0.25, -0.2) is 9.97 Å². The summed E-state index contributed by atoms with van der Waals surface area (Å²) in [6.45, 7) is 3.59. The van der Waals surface area contributed by atoms with Crippen molar-refractivity contribution < 1.29 is 4.79 Å². The molecule has 0 aliphatic rings. The second-order valence-electron chi connectivity index (χ2n) is 2.99. The van der Waals surface area contributed by atoms with Gasteiger partial charge in [-0.05, 0) is 0 Å². The molecule has 6 heteroatoms. The number of hydrogen-bond acceptors (Lipinski definition) is 4. The van der Waals surface area contributed by atoms with Gasteiger partial charge in [-0.1, -0.05) is 25.4 Å². The van der Waals surface area contributed by atoms with Gasteiger partial charge in [0.25, 0.3) is 0 Å². The number of carbonyl (C=O) groups is 1. The summed E-state index contributed by atoms with van der Waals surface area (Å²) in [5, 5.41) is 0.311. The first kappa shape index (κ1) is 10.7. The van der Waals surface area contributed by atoms with Crippen LogP contribution in [-0.4, -0.2) is 15.9 Å². The van der Waals surface area contributed by atoms with Gasteiger partial charge >= 0.3 is 0 Å². The molecule has 5 nitrogen and oxygen atoms in total. The van der Waals surface area contributed by atoms with Crippen LogP contribution in [0.4, 0.5) is 5.82 Å². The quantitative estimate of drug-likeness (QED) is 0.743. The molecule has 0 aromatic carbocycles. The van der Waals surface area contributed by atoms with Crippen LogP contribution in [0.5, 0.6) is 0 Å². The number of rotatable bonds is 3. The number of halogens is 1. The van der Waals surface area contributed by atoms with E-state index in [1.165, 1.54) is 12.4 Å². The maximum Gasteiger partial charge on any atom is 0.240 e. The number of nitrogens with zero attached hydrogens (tertiary/aromatic N) is 2. The first-order valence-corrected chi connectivity index (χ1v) is 4.51. The Balaban J connectivity index is 2.46. The zero-order valence-electron chi connectivity index (χ0n) is 7.91. The van der Waals surface area contributed by atoms with Gasteiger partial charge in [0, 0.05) is 5.92 Å². The average molecular weight is 215 g/mol. The molecule has 2 N–H and O–H groups in total. The molecule has 1 aromatic rings. The Morgan fingerprint density at radius 1 is 1.43 bits per heavy atom. The molecule has 0 aliphatic heterocycles. The normalized spacial score (nSPS) is 10.0. The zero-order chi connectivity index (χ0) is 10.6. The Kier molecular flexibility index (Phi) is 3.64. The van der Waals surface area contributed by atoms with Gasteiger partial charge in [-0.3, -0.25) is 15.6 Å². The van der Waals surface area contributed by atoms with Gasteiger partial charge in [0.05, 0.1) is 12.4 Å². The predicted octanol–water partition coefficient (Wildman–Crippen LogP) is 1.23. The van der Waals surface area contributed by atoms with Crippen LogP contribution < -0.4 is 10.9 Å². The number of aromatic nitrogens is 2. The molecule has 0 saturated heterocycles. The molecule has 0 atom stereocenters. The van der Waals surface area contributed by atoms with Crippen LogP contribution >= 0.6 is 11.6 Å². The molecule has 0 bridgehead atoms. The highest BCUT2D eigenvalue weighted by Crippen LogP contribution is 2.03. The second kappa shape index (κ2) is 4.76. The average Bonchev–Trinajstić information content (AvgIpc) is 2.16. The molecule has 1 rings (SSSR count). The van der Waals surface area contributed by atoms with Crippen LogP contribution in [0.3, 0.4) is 0 Å².